The molecule has 2 fully saturated rings. The highest BCUT2D eigenvalue weighted by atomic mass is 32.2. The van der Waals surface area contributed by atoms with E-state index in [2.05, 4.69) is 13.8 Å². The van der Waals surface area contributed by atoms with Crippen LogP contribution in [0.15, 0.2) is 23.1 Å². The summed E-state index contributed by atoms with van der Waals surface area (Å²) in [6.45, 7) is 6.16. The monoisotopic (exact) mass is 436 g/mol. The van der Waals surface area contributed by atoms with Gasteiger partial charge in [-0.3, -0.25) is 9.69 Å². The molecule has 1 aromatic rings. The fourth-order valence-electron chi connectivity index (χ4n) is 4.18. The summed E-state index contributed by atoms with van der Waals surface area (Å²) in [5.74, 6) is 2.34. The maximum absolute atomic E-state index is 12.7. The molecule has 1 atom stereocenters. The molecule has 2 saturated heterocycles. The number of carbonyl (C=O) groups excluding carboxylic acids is 2. The van der Waals surface area contributed by atoms with Gasteiger partial charge in [0, 0.05) is 24.0 Å². The summed E-state index contributed by atoms with van der Waals surface area (Å²) in [4.78, 5) is 29.7. The average Bonchev–Trinajstić information content (AvgIpc) is 3.11. The van der Waals surface area contributed by atoms with Gasteiger partial charge >= 0.3 is 6.09 Å². The first-order valence-corrected chi connectivity index (χ1v) is 11.5. The van der Waals surface area contributed by atoms with Crippen LogP contribution in [0.4, 0.5) is 4.79 Å². The second-order valence-corrected chi connectivity index (χ2v) is 9.23. The van der Waals surface area contributed by atoms with Crippen molar-refractivity contribution in [1.29, 1.82) is 0 Å². The third-order valence-corrected chi connectivity index (χ3v) is 6.65. The average molecular weight is 437 g/mol. The van der Waals surface area contributed by atoms with E-state index in [9.17, 15) is 9.59 Å². The lowest BCUT2D eigenvalue weighted by Gasteiger charge is -2.38. The minimum absolute atomic E-state index is 0.121. The Kier molecular flexibility index (Phi) is 7.75. The molecule has 1 aromatic carbocycles. The van der Waals surface area contributed by atoms with Crippen molar-refractivity contribution in [3.8, 4) is 11.5 Å². The number of hydrogen-bond donors (Lipinski definition) is 0. The molecule has 2 aliphatic heterocycles. The first kappa shape index (κ1) is 22.6. The number of nitrogens with zero attached hydrogens (tertiary/aromatic N) is 2. The lowest BCUT2D eigenvalue weighted by Crippen LogP contribution is -2.50. The maximum atomic E-state index is 12.7. The molecule has 2 aliphatic rings. The van der Waals surface area contributed by atoms with Gasteiger partial charge in [0.05, 0.1) is 26.0 Å². The number of hydrogen-bond acceptors (Lipinski definition) is 6. The van der Waals surface area contributed by atoms with E-state index in [1.54, 1.807) is 14.2 Å². The molecule has 0 saturated carbocycles. The van der Waals surface area contributed by atoms with Crippen LogP contribution in [-0.2, 0) is 9.53 Å². The molecule has 2 heterocycles. The van der Waals surface area contributed by atoms with E-state index in [4.69, 9.17) is 14.2 Å². The van der Waals surface area contributed by atoms with Crippen LogP contribution >= 0.6 is 11.8 Å². The predicted molar refractivity (Wildman–Crippen MR) is 116 cm³/mol. The van der Waals surface area contributed by atoms with Crippen molar-refractivity contribution in [1.82, 2.24) is 9.80 Å². The third-order valence-electron chi connectivity index (χ3n) is 5.67. The minimum Gasteiger partial charge on any atom is -0.493 e. The summed E-state index contributed by atoms with van der Waals surface area (Å²) in [7, 11) is 3.20. The zero-order valence-electron chi connectivity index (χ0n) is 18.3. The Hall–Kier alpha value is -2.09. The van der Waals surface area contributed by atoms with Gasteiger partial charge in [-0.05, 0) is 43.4 Å². The van der Waals surface area contributed by atoms with Crippen LogP contribution in [0.5, 0.6) is 11.5 Å². The third kappa shape index (κ3) is 5.33. The zero-order valence-corrected chi connectivity index (χ0v) is 19.1. The molecule has 1 unspecified atom stereocenters. The lowest BCUT2D eigenvalue weighted by atomic mass is 9.98. The Morgan fingerprint density at radius 1 is 1.20 bits per heavy atom. The van der Waals surface area contributed by atoms with Crippen molar-refractivity contribution in [3.63, 3.8) is 0 Å². The summed E-state index contributed by atoms with van der Waals surface area (Å²) < 4.78 is 15.9. The maximum Gasteiger partial charge on any atom is 0.410 e. The van der Waals surface area contributed by atoms with Gasteiger partial charge in [0.2, 0.25) is 5.91 Å². The Balaban J connectivity index is 1.50. The summed E-state index contributed by atoms with van der Waals surface area (Å²) in [5.41, 5.74) is 0. The smallest absolute Gasteiger partial charge is 0.410 e. The van der Waals surface area contributed by atoms with Crippen molar-refractivity contribution in [2.75, 3.05) is 39.7 Å². The highest BCUT2D eigenvalue weighted by Gasteiger charge is 2.39. The molecule has 0 aliphatic carbocycles. The van der Waals surface area contributed by atoms with Crippen molar-refractivity contribution in [2.45, 2.75) is 50.1 Å². The number of methoxy groups -OCH3 is 2. The number of ether oxygens (including phenoxy) is 3. The number of thioether (sulfide) groups is 1. The Labute approximate surface area is 183 Å². The topological polar surface area (TPSA) is 68.3 Å². The summed E-state index contributed by atoms with van der Waals surface area (Å²) in [5, 5.41) is 0. The fourth-order valence-corrected chi connectivity index (χ4v) is 5.01. The van der Waals surface area contributed by atoms with Crippen LogP contribution in [-0.4, -0.2) is 73.6 Å². The van der Waals surface area contributed by atoms with E-state index in [-0.39, 0.29) is 24.1 Å². The SMILES string of the molecule is COc1ccc(SCC(=O)N2CCC(N3C(=O)OCC3CC(C)C)CC2)cc1OC. The van der Waals surface area contributed by atoms with Gasteiger partial charge in [0.15, 0.2) is 11.5 Å². The van der Waals surface area contributed by atoms with Crippen molar-refractivity contribution in [3.05, 3.63) is 18.2 Å². The lowest BCUT2D eigenvalue weighted by molar-refractivity contribution is -0.129. The zero-order chi connectivity index (χ0) is 21.7. The molecular formula is C22H32N2O5S. The quantitative estimate of drug-likeness (QED) is 0.580. The van der Waals surface area contributed by atoms with Gasteiger partial charge in [0.25, 0.3) is 0 Å². The van der Waals surface area contributed by atoms with Gasteiger partial charge in [-0.1, -0.05) is 13.8 Å². The van der Waals surface area contributed by atoms with Crippen LogP contribution < -0.4 is 9.47 Å². The normalized spacial score (nSPS) is 19.9. The first-order valence-electron chi connectivity index (χ1n) is 10.5. The second kappa shape index (κ2) is 10.3. The summed E-state index contributed by atoms with van der Waals surface area (Å²) in [6.07, 6.45) is 2.36. The van der Waals surface area contributed by atoms with E-state index in [0.717, 1.165) is 24.2 Å². The molecule has 3 rings (SSSR count). The highest BCUT2D eigenvalue weighted by Crippen LogP contribution is 2.32. The van der Waals surface area contributed by atoms with Gasteiger partial charge in [-0.2, -0.15) is 0 Å². The molecule has 8 heteroatoms. The Bertz CT molecular complexity index is 749. The molecule has 0 aromatic heterocycles. The summed E-state index contributed by atoms with van der Waals surface area (Å²) >= 11 is 1.49. The molecule has 166 valence electrons. The first-order chi connectivity index (χ1) is 14.4. The molecule has 7 nitrogen and oxygen atoms in total. The van der Waals surface area contributed by atoms with E-state index in [0.29, 0.717) is 42.9 Å². The van der Waals surface area contributed by atoms with E-state index in [1.165, 1.54) is 11.8 Å². The summed E-state index contributed by atoms with van der Waals surface area (Å²) in [6, 6.07) is 5.98. The van der Waals surface area contributed by atoms with Crippen LogP contribution in [0.25, 0.3) is 0 Å². The molecule has 30 heavy (non-hydrogen) atoms. The van der Waals surface area contributed by atoms with E-state index in [1.807, 2.05) is 28.0 Å². The van der Waals surface area contributed by atoms with Gasteiger partial charge in [-0.15, -0.1) is 11.8 Å². The number of likely N-dealkylation sites (tertiary alicyclic amines) is 1. The van der Waals surface area contributed by atoms with Crippen LogP contribution in [0, 0.1) is 5.92 Å². The van der Waals surface area contributed by atoms with Gasteiger partial charge < -0.3 is 19.1 Å². The standard InChI is InChI=1S/C22H32N2O5S/c1-15(2)11-17-13-29-22(26)24(17)16-7-9-23(10-8-16)21(25)14-30-18-5-6-19(27-3)20(12-18)28-4/h5-6,12,15-17H,7-11,13-14H2,1-4H3. The van der Waals surface area contributed by atoms with Crippen molar-refractivity contribution >= 4 is 23.8 Å². The minimum atomic E-state index is -0.200. The van der Waals surface area contributed by atoms with E-state index < -0.39 is 0 Å². The number of amides is 2. The van der Waals surface area contributed by atoms with Crippen molar-refractivity contribution in [2.24, 2.45) is 5.92 Å². The van der Waals surface area contributed by atoms with Gasteiger partial charge in [0.1, 0.15) is 6.61 Å². The van der Waals surface area contributed by atoms with Crippen LogP contribution in [0.1, 0.15) is 33.1 Å². The highest BCUT2D eigenvalue weighted by molar-refractivity contribution is 8.00. The van der Waals surface area contributed by atoms with E-state index >= 15 is 0 Å². The van der Waals surface area contributed by atoms with Crippen LogP contribution in [0.3, 0.4) is 0 Å². The molecule has 0 spiro atoms. The number of cyclic esters (lactones) is 1. The number of rotatable bonds is 8. The number of piperidine rings is 1. The molecule has 0 bridgehead atoms. The second-order valence-electron chi connectivity index (χ2n) is 8.18. The Morgan fingerprint density at radius 2 is 1.90 bits per heavy atom. The largest absolute Gasteiger partial charge is 0.493 e. The number of carbonyl (C=O) groups is 2. The van der Waals surface area contributed by atoms with Crippen molar-refractivity contribution < 1.29 is 23.8 Å². The molecular weight excluding hydrogens is 404 g/mol. The molecule has 0 radical (unpaired) electrons. The Morgan fingerprint density at radius 3 is 2.53 bits per heavy atom. The predicted octanol–water partition coefficient (Wildman–Crippen LogP) is 3.65. The molecule has 0 N–H and O–H groups in total. The fraction of sp³-hybridized carbons (Fsp3) is 0.636. The number of benzene rings is 1. The molecule has 2 amide bonds. The van der Waals surface area contributed by atoms with Gasteiger partial charge in [-0.25, -0.2) is 4.79 Å². The van der Waals surface area contributed by atoms with Crippen LogP contribution in [0.2, 0.25) is 0 Å².